The molecule has 0 aliphatic heterocycles. The molecule has 1 aromatic rings. The lowest BCUT2D eigenvalue weighted by Gasteiger charge is -2.09. The molecule has 0 saturated carbocycles. The maximum absolute atomic E-state index is 8.38. The predicted molar refractivity (Wildman–Crippen MR) is 50.2 cm³/mol. The van der Waals surface area contributed by atoms with Crippen LogP contribution in [0, 0.1) is 18.3 Å². The summed E-state index contributed by atoms with van der Waals surface area (Å²) in [6.07, 6.45) is 0. The van der Waals surface area contributed by atoms with Crippen LogP contribution in [0.1, 0.15) is 11.1 Å². The molecular weight excluding hydrogens is 164 g/mol. The number of para-hydroxylation sites is 1. The van der Waals surface area contributed by atoms with Crippen LogP contribution in [-0.2, 0) is 6.54 Å². The minimum Gasteiger partial charge on any atom is -0.478 e. The van der Waals surface area contributed by atoms with Crippen molar-refractivity contribution in [3.63, 3.8) is 0 Å². The summed E-state index contributed by atoms with van der Waals surface area (Å²) in [4.78, 5) is 0. The van der Waals surface area contributed by atoms with Crippen molar-refractivity contribution in [2.24, 2.45) is 5.73 Å². The maximum atomic E-state index is 8.38. The number of hydrogen-bond acceptors (Lipinski definition) is 3. The fraction of sp³-hybridized carbons (Fsp3) is 0.300. The third kappa shape index (κ3) is 2.20. The Kier molecular flexibility index (Phi) is 3.30. The van der Waals surface area contributed by atoms with Crippen LogP contribution in [0.2, 0.25) is 0 Å². The standard InChI is InChI=1S/C10H12N2O/c1-8-3-2-4-9(7-12)10(8)13-6-5-11/h2-4H,6-7,12H2,1H3. The fourth-order valence-corrected chi connectivity index (χ4v) is 1.18. The molecule has 3 nitrogen and oxygen atoms in total. The molecule has 0 spiro atoms. The largest absolute Gasteiger partial charge is 0.478 e. The van der Waals surface area contributed by atoms with Crippen molar-refractivity contribution < 1.29 is 4.74 Å². The van der Waals surface area contributed by atoms with E-state index < -0.39 is 0 Å². The van der Waals surface area contributed by atoms with Gasteiger partial charge in [-0.3, -0.25) is 0 Å². The molecule has 1 aromatic carbocycles. The molecular formula is C10H12N2O. The van der Waals surface area contributed by atoms with Gasteiger partial charge in [0, 0.05) is 12.1 Å². The van der Waals surface area contributed by atoms with E-state index in [2.05, 4.69) is 0 Å². The van der Waals surface area contributed by atoms with Crippen LogP contribution in [0.4, 0.5) is 0 Å². The fourth-order valence-electron chi connectivity index (χ4n) is 1.18. The second-order valence-corrected chi connectivity index (χ2v) is 2.71. The molecule has 0 unspecified atom stereocenters. The first-order valence-electron chi connectivity index (χ1n) is 4.08. The Bertz CT molecular complexity index is 328. The Balaban J connectivity index is 2.95. The Morgan fingerprint density at radius 2 is 2.31 bits per heavy atom. The van der Waals surface area contributed by atoms with Gasteiger partial charge in [-0.25, -0.2) is 0 Å². The van der Waals surface area contributed by atoms with Gasteiger partial charge in [-0.05, 0) is 12.5 Å². The minimum atomic E-state index is 0.0673. The van der Waals surface area contributed by atoms with E-state index in [-0.39, 0.29) is 6.61 Å². The highest BCUT2D eigenvalue weighted by Crippen LogP contribution is 2.22. The highest BCUT2D eigenvalue weighted by Gasteiger charge is 2.04. The molecule has 0 saturated heterocycles. The molecule has 0 aliphatic carbocycles. The number of rotatable bonds is 3. The Labute approximate surface area is 77.7 Å². The number of nitrogens with zero attached hydrogens (tertiary/aromatic N) is 1. The molecule has 0 atom stereocenters. The van der Waals surface area contributed by atoms with Crippen molar-refractivity contribution in [3.05, 3.63) is 29.3 Å². The van der Waals surface area contributed by atoms with Crippen molar-refractivity contribution in [3.8, 4) is 11.8 Å². The monoisotopic (exact) mass is 176 g/mol. The van der Waals surface area contributed by atoms with Crippen molar-refractivity contribution in [2.75, 3.05) is 6.61 Å². The quantitative estimate of drug-likeness (QED) is 0.756. The lowest BCUT2D eigenvalue weighted by molar-refractivity contribution is 0.361. The molecule has 0 bridgehead atoms. The zero-order valence-corrected chi connectivity index (χ0v) is 7.58. The van der Waals surface area contributed by atoms with Crippen molar-refractivity contribution in [1.29, 1.82) is 5.26 Å². The molecule has 1 rings (SSSR count). The second-order valence-electron chi connectivity index (χ2n) is 2.71. The molecule has 0 heterocycles. The third-order valence-corrected chi connectivity index (χ3v) is 1.79. The number of nitriles is 1. The maximum Gasteiger partial charge on any atom is 0.174 e. The first-order chi connectivity index (χ1) is 6.29. The van der Waals surface area contributed by atoms with Gasteiger partial charge in [-0.15, -0.1) is 0 Å². The Hall–Kier alpha value is -1.53. The average molecular weight is 176 g/mol. The van der Waals surface area contributed by atoms with E-state index in [9.17, 15) is 0 Å². The number of aryl methyl sites for hydroxylation is 1. The Morgan fingerprint density at radius 1 is 1.54 bits per heavy atom. The lowest BCUT2D eigenvalue weighted by atomic mass is 10.1. The third-order valence-electron chi connectivity index (χ3n) is 1.79. The van der Waals surface area contributed by atoms with E-state index in [0.717, 1.165) is 16.9 Å². The topological polar surface area (TPSA) is 59.0 Å². The first-order valence-corrected chi connectivity index (χ1v) is 4.08. The highest BCUT2D eigenvalue weighted by atomic mass is 16.5. The molecule has 13 heavy (non-hydrogen) atoms. The molecule has 3 heteroatoms. The molecule has 0 fully saturated rings. The van der Waals surface area contributed by atoms with Gasteiger partial charge in [0.05, 0.1) is 0 Å². The van der Waals surface area contributed by atoms with Crippen molar-refractivity contribution >= 4 is 0 Å². The molecule has 0 aliphatic rings. The molecule has 0 amide bonds. The molecule has 2 N–H and O–H groups in total. The van der Waals surface area contributed by atoms with Crippen molar-refractivity contribution in [1.82, 2.24) is 0 Å². The second kappa shape index (κ2) is 4.48. The van der Waals surface area contributed by atoms with Crippen LogP contribution in [0.15, 0.2) is 18.2 Å². The lowest BCUT2D eigenvalue weighted by Crippen LogP contribution is -2.03. The van der Waals surface area contributed by atoms with E-state index in [1.54, 1.807) is 0 Å². The zero-order chi connectivity index (χ0) is 9.68. The van der Waals surface area contributed by atoms with Gasteiger partial charge in [-0.2, -0.15) is 5.26 Å². The van der Waals surface area contributed by atoms with E-state index in [0.29, 0.717) is 6.54 Å². The van der Waals surface area contributed by atoms with Crippen LogP contribution >= 0.6 is 0 Å². The van der Waals surface area contributed by atoms with Gasteiger partial charge in [0.25, 0.3) is 0 Å². The number of benzene rings is 1. The number of nitrogens with two attached hydrogens (primary N) is 1. The van der Waals surface area contributed by atoms with E-state index >= 15 is 0 Å². The Morgan fingerprint density at radius 3 is 2.92 bits per heavy atom. The van der Waals surface area contributed by atoms with Gasteiger partial charge in [0.1, 0.15) is 11.8 Å². The molecule has 0 aromatic heterocycles. The average Bonchev–Trinajstić information content (AvgIpc) is 2.15. The summed E-state index contributed by atoms with van der Waals surface area (Å²) in [6, 6.07) is 7.70. The van der Waals surface area contributed by atoms with Gasteiger partial charge in [-0.1, -0.05) is 18.2 Å². The van der Waals surface area contributed by atoms with Crippen LogP contribution in [-0.4, -0.2) is 6.61 Å². The van der Waals surface area contributed by atoms with Gasteiger partial charge in [0.15, 0.2) is 6.61 Å². The first kappa shape index (κ1) is 9.56. The van der Waals surface area contributed by atoms with Gasteiger partial charge < -0.3 is 10.5 Å². The number of hydrogen-bond donors (Lipinski definition) is 1. The van der Waals surface area contributed by atoms with E-state index in [4.69, 9.17) is 15.7 Å². The summed E-state index contributed by atoms with van der Waals surface area (Å²) in [5.41, 5.74) is 7.48. The SMILES string of the molecule is Cc1cccc(CN)c1OCC#N. The van der Waals surface area contributed by atoms with E-state index in [1.165, 1.54) is 0 Å². The van der Waals surface area contributed by atoms with Crippen LogP contribution in [0.25, 0.3) is 0 Å². The normalized spacial score (nSPS) is 9.31. The number of ether oxygens (including phenoxy) is 1. The molecule has 68 valence electrons. The summed E-state index contributed by atoms with van der Waals surface area (Å²) < 4.78 is 5.27. The molecule has 0 radical (unpaired) electrons. The van der Waals surface area contributed by atoms with Gasteiger partial charge >= 0.3 is 0 Å². The van der Waals surface area contributed by atoms with Gasteiger partial charge in [0.2, 0.25) is 0 Å². The summed E-state index contributed by atoms with van der Waals surface area (Å²) in [7, 11) is 0. The smallest absolute Gasteiger partial charge is 0.174 e. The van der Waals surface area contributed by atoms with Crippen LogP contribution < -0.4 is 10.5 Å². The predicted octanol–water partition coefficient (Wildman–Crippen LogP) is 1.36. The van der Waals surface area contributed by atoms with Crippen LogP contribution in [0.5, 0.6) is 5.75 Å². The summed E-state index contributed by atoms with van der Waals surface area (Å²) in [5.74, 6) is 0.742. The van der Waals surface area contributed by atoms with Crippen LogP contribution in [0.3, 0.4) is 0 Å². The summed E-state index contributed by atoms with van der Waals surface area (Å²) in [6.45, 7) is 2.44. The van der Waals surface area contributed by atoms with Crippen molar-refractivity contribution in [2.45, 2.75) is 13.5 Å². The van der Waals surface area contributed by atoms with E-state index in [1.807, 2.05) is 31.2 Å². The summed E-state index contributed by atoms with van der Waals surface area (Å²) >= 11 is 0. The highest BCUT2D eigenvalue weighted by molar-refractivity contribution is 5.40. The minimum absolute atomic E-state index is 0.0673. The summed E-state index contributed by atoms with van der Waals surface area (Å²) in [5, 5.41) is 8.38. The zero-order valence-electron chi connectivity index (χ0n) is 7.58.